The molecule has 0 heterocycles. The van der Waals surface area contributed by atoms with E-state index in [-0.39, 0.29) is 12.8 Å². The second-order valence-corrected chi connectivity index (χ2v) is 25.7. The van der Waals surface area contributed by atoms with Crippen LogP contribution in [0, 0.1) is 0 Å². The fourth-order valence-corrected chi connectivity index (χ4v) is 12.3. The van der Waals surface area contributed by atoms with Gasteiger partial charge in [0.2, 0.25) is 20.0 Å². The van der Waals surface area contributed by atoms with Gasteiger partial charge >= 0.3 is 42.4 Å². The number of anilines is 4. The van der Waals surface area contributed by atoms with Crippen LogP contribution in [-0.4, -0.2) is 67.5 Å². The van der Waals surface area contributed by atoms with Gasteiger partial charge in [0, 0.05) is 0 Å². The van der Waals surface area contributed by atoms with E-state index in [0.29, 0.717) is 37.1 Å². The van der Waals surface area contributed by atoms with Gasteiger partial charge in [0.1, 0.15) is 0 Å². The average Bonchev–Trinajstić information content (AvgIpc) is 3.28. The van der Waals surface area contributed by atoms with Crippen molar-refractivity contribution < 1.29 is 68.8 Å². The summed E-state index contributed by atoms with van der Waals surface area (Å²) in [5.74, 6) is -16.1. The normalized spacial score (nSPS) is 13.3. The van der Waals surface area contributed by atoms with Gasteiger partial charge in [-0.3, -0.25) is 18.9 Å². The Morgan fingerprint density at radius 3 is 0.778 bits per heavy atom. The van der Waals surface area contributed by atoms with Crippen LogP contribution in [0.1, 0.15) is 194 Å². The van der Waals surface area contributed by atoms with E-state index in [9.17, 15) is 33.7 Å². The highest BCUT2D eigenvalue weighted by molar-refractivity contribution is 7.94. The van der Waals surface area contributed by atoms with E-state index in [0.717, 1.165) is 97.9 Å². The minimum Gasteiger partial charge on any atom is -0.283 e. The Labute approximate surface area is 424 Å². The smallest absolute Gasteiger partial charge is 0.283 e. The lowest BCUT2D eigenvalue weighted by Gasteiger charge is -2.35. The molecule has 4 N–H and O–H groups in total. The molecule has 0 amide bonds. The number of benzene rings is 2. The molecule has 0 atom stereocenters. The molecule has 418 valence electrons. The zero-order valence-electron chi connectivity index (χ0n) is 41.8. The molecule has 0 bridgehead atoms. The second kappa shape index (κ2) is 31.1. The first-order valence-corrected chi connectivity index (χ1v) is 31.7. The maximum absolute atomic E-state index is 15.1. The van der Waals surface area contributed by atoms with Crippen molar-refractivity contribution in [2.75, 3.05) is 30.4 Å². The Morgan fingerprint density at radius 2 is 0.542 bits per heavy atom. The average molecular weight is 1120 g/mol. The summed E-state index contributed by atoms with van der Waals surface area (Å²) in [5, 5.41) is -14.3. The second-order valence-electron chi connectivity index (χ2n) is 18.6. The van der Waals surface area contributed by atoms with Crippen molar-refractivity contribution in [3.63, 3.8) is 0 Å². The van der Waals surface area contributed by atoms with E-state index in [2.05, 4.69) is 23.3 Å². The van der Waals surface area contributed by atoms with E-state index in [4.69, 9.17) is 0 Å². The van der Waals surface area contributed by atoms with Crippen LogP contribution in [0.3, 0.4) is 0 Å². The van der Waals surface area contributed by atoms with E-state index >= 15 is 35.1 Å². The molecular weight excluding hydrogens is 1040 g/mol. The van der Waals surface area contributed by atoms with Gasteiger partial charge in [-0.2, -0.15) is 52.0 Å². The number of hydrogen-bond acceptors (Lipinski definition) is 8. The van der Waals surface area contributed by atoms with Gasteiger partial charge in [0.05, 0.1) is 34.3 Å². The Bertz CT molecular complexity index is 2170. The number of hydrogen-bond donors (Lipinski definition) is 4. The molecule has 0 aliphatic rings. The zero-order chi connectivity index (χ0) is 54.0. The van der Waals surface area contributed by atoms with E-state index in [1.54, 1.807) is 0 Å². The summed E-state index contributed by atoms with van der Waals surface area (Å²) in [7, 11) is -22.6. The molecule has 0 aliphatic heterocycles. The van der Waals surface area contributed by atoms with Crippen molar-refractivity contribution in [3.8, 4) is 0 Å². The molecule has 2 aromatic rings. The third-order valence-corrected chi connectivity index (χ3v) is 17.7. The minimum atomic E-state index is -7.65. The Kier molecular flexibility index (Phi) is 28.0. The number of rotatable bonds is 43. The van der Waals surface area contributed by atoms with Crippen LogP contribution in [-0.2, 0) is 40.1 Å². The number of halogens is 8. The summed E-state index contributed by atoms with van der Waals surface area (Å²) in [6, 6.07) is 6.12. The Morgan fingerprint density at radius 1 is 0.333 bits per heavy atom. The predicted molar refractivity (Wildman–Crippen MR) is 273 cm³/mol. The van der Waals surface area contributed by atoms with Crippen molar-refractivity contribution in [2.45, 2.75) is 216 Å². The van der Waals surface area contributed by atoms with Gasteiger partial charge in [-0.05, 0) is 49.2 Å². The van der Waals surface area contributed by atoms with Crippen LogP contribution >= 0.6 is 0 Å². The molecule has 2 rings (SSSR count). The lowest BCUT2D eigenvalue weighted by molar-refractivity contribution is -0.325. The van der Waals surface area contributed by atoms with E-state index in [1.165, 1.54) is 89.9 Å². The van der Waals surface area contributed by atoms with Gasteiger partial charge in [-0.25, -0.2) is 16.8 Å². The minimum absolute atomic E-state index is 0.221. The number of sulfonamides is 4. The molecule has 24 heteroatoms. The van der Waals surface area contributed by atoms with Crippen molar-refractivity contribution in [3.05, 3.63) is 48.5 Å². The summed E-state index contributed by atoms with van der Waals surface area (Å²) in [6.07, 6.45) is 28.4. The maximum Gasteiger partial charge on any atom is 0.432 e. The lowest BCUT2D eigenvalue weighted by Crippen LogP contribution is -2.67. The van der Waals surface area contributed by atoms with E-state index in [1.807, 2.05) is 0 Å². The van der Waals surface area contributed by atoms with Crippen LogP contribution in [0.2, 0.25) is 0 Å². The maximum atomic E-state index is 15.1. The van der Waals surface area contributed by atoms with Crippen LogP contribution in [0.5, 0.6) is 0 Å². The van der Waals surface area contributed by atoms with Crippen molar-refractivity contribution in [2.24, 2.45) is 0 Å². The predicted octanol–water partition coefficient (Wildman–Crippen LogP) is 14.8. The molecule has 0 saturated heterocycles. The number of alkyl halides is 8. The first-order chi connectivity index (χ1) is 33.7. The van der Waals surface area contributed by atoms with E-state index < -0.39 is 96.7 Å². The molecule has 0 radical (unpaired) electrons. The molecule has 0 saturated carbocycles. The molecule has 12 nitrogen and oxygen atoms in total. The lowest BCUT2D eigenvalue weighted by atomic mass is 10.0. The number of unbranched alkanes of at least 4 members (excludes halogenated alkanes) is 26. The van der Waals surface area contributed by atoms with Crippen LogP contribution in [0.4, 0.5) is 57.9 Å². The van der Waals surface area contributed by atoms with Crippen molar-refractivity contribution in [1.29, 1.82) is 0 Å². The monoisotopic (exact) mass is 1120 g/mol. The highest BCUT2D eigenvalue weighted by Gasteiger charge is 2.87. The molecule has 0 aliphatic carbocycles. The quantitative estimate of drug-likeness (QED) is 0.0373. The molecule has 0 fully saturated rings. The summed E-state index contributed by atoms with van der Waals surface area (Å²) < 4.78 is 228. The topological polar surface area (TPSA) is 185 Å². The van der Waals surface area contributed by atoms with Crippen molar-refractivity contribution in [1.82, 2.24) is 0 Å². The molecule has 0 unspecified atom stereocenters. The fourth-order valence-electron chi connectivity index (χ4n) is 7.87. The summed E-state index contributed by atoms with van der Waals surface area (Å²) in [4.78, 5) is 0. The molecule has 0 spiro atoms. The SMILES string of the molecule is CCCCCCCCCCCCCCCCS(=O)(=O)Nc1cccc(NS(=O)(=O)C(F)(F)C(F)(F)C(F)(F)C(F)(F)S(=O)(=O)Nc2cccc(NS(=O)(=O)CCCCCCCCCCCCCCCC)c2)c1. The molecule has 2 aromatic carbocycles. The van der Waals surface area contributed by atoms with Crippen LogP contribution < -0.4 is 18.9 Å². The Balaban J connectivity index is 1.96. The summed E-state index contributed by atoms with van der Waals surface area (Å²) in [5.41, 5.74) is -3.10. The van der Waals surface area contributed by atoms with Gasteiger partial charge in [-0.15, -0.1) is 0 Å². The molecular formula is C48H78F8N4O8S4. The summed E-state index contributed by atoms with van der Waals surface area (Å²) >= 11 is 0. The zero-order valence-corrected chi connectivity index (χ0v) is 45.0. The number of nitrogens with one attached hydrogen (secondary N) is 4. The van der Waals surface area contributed by atoms with Gasteiger partial charge in [-0.1, -0.05) is 193 Å². The Hall–Kier alpha value is -3.12. The van der Waals surface area contributed by atoms with Gasteiger partial charge < -0.3 is 0 Å². The van der Waals surface area contributed by atoms with Crippen LogP contribution in [0.25, 0.3) is 0 Å². The van der Waals surface area contributed by atoms with Crippen LogP contribution in [0.15, 0.2) is 48.5 Å². The highest BCUT2D eigenvalue weighted by atomic mass is 32.2. The third kappa shape index (κ3) is 21.6. The summed E-state index contributed by atoms with van der Waals surface area (Å²) in [6.45, 7) is 4.34. The highest BCUT2D eigenvalue weighted by Crippen LogP contribution is 2.56. The standard InChI is InChI=1S/C48H78F8N4O8S4/c1-3-5-7-9-11-13-15-17-19-21-23-25-27-29-37-69(61,62)57-41-33-31-35-43(39-41)59-71(65,66)47(53,54)45(49,50)46(51,52)48(55,56)72(67,68)60-44-36-32-34-42(40-44)58-70(63,64)38-30-28-26-24-22-20-18-16-14-12-10-8-6-4-2/h31-36,39-40,57-60H,3-30,37-38H2,1-2H3. The first kappa shape index (κ1) is 65.0. The largest absolute Gasteiger partial charge is 0.432 e. The van der Waals surface area contributed by atoms with Crippen molar-refractivity contribution >= 4 is 62.8 Å². The van der Waals surface area contributed by atoms with Gasteiger partial charge in [0.25, 0.3) is 0 Å². The van der Waals surface area contributed by atoms with Gasteiger partial charge in [0.15, 0.2) is 0 Å². The molecule has 72 heavy (non-hydrogen) atoms. The fraction of sp³-hybridized carbons (Fsp3) is 0.750. The molecule has 0 aromatic heterocycles. The first-order valence-electron chi connectivity index (χ1n) is 25.5. The third-order valence-electron chi connectivity index (χ3n) is 12.1.